The van der Waals surface area contributed by atoms with Gasteiger partial charge in [-0.15, -0.1) is 0 Å². The molecule has 0 bridgehead atoms. The van der Waals surface area contributed by atoms with Gasteiger partial charge in [-0.1, -0.05) is 12.8 Å². The minimum Gasteiger partial charge on any atom is -0.416 e. The van der Waals surface area contributed by atoms with Gasteiger partial charge in [-0.05, 0) is 91.4 Å². The van der Waals surface area contributed by atoms with Gasteiger partial charge in [0.05, 0.1) is 0 Å². The van der Waals surface area contributed by atoms with Gasteiger partial charge in [0.15, 0.2) is 33.3 Å². The highest BCUT2D eigenvalue weighted by atomic mass is 28.5. The van der Waals surface area contributed by atoms with Gasteiger partial charge in [0.2, 0.25) is 0 Å². The summed E-state index contributed by atoms with van der Waals surface area (Å²) >= 11 is 0. The third-order valence-corrected chi connectivity index (χ3v) is 22.1. The van der Waals surface area contributed by atoms with Crippen LogP contribution in [0.5, 0.6) is 0 Å². The lowest BCUT2D eigenvalue weighted by molar-refractivity contribution is 0.194. The van der Waals surface area contributed by atoms with Crippen molar-refractivity contribution < 1.29 is 25.3 Å². The van der Waals surface area contributed by atoms with Crippen LogP contribution in [0.15, 0.2) is 0 Å². The van der Waals surface area contributed by atoms with Crippen LogP contribution in [0.4, 0.5) is 0 Å². The Labute approximate surface area is 206 Å². The van der Waals surface area contributed by atoms with Gasteiger partial charge in [-0.25, -0.2) is 0 Å². The molecule has 0 rings (SSSR count). The minimum absolute atomic E-state index is 0.891. The summed E-state index contributed by atoms with van der Waals surface area (Å²) in [6, 6.07) is 1.78. The zero-order chi connectivity index (χ0) is 25.5. The SMILES string of the molecule is CO[Si](CCCCCC[Si](OC)(O[Si](C)(C)C)O[Si](C)(C)C)(O[Si](C)(C)C)O[Si](C)(C)C. The third-order valence-electron chi connectivity index (χ3n) is 4.18. The van der Waals surface area contributed by atoms with E-state index in [1.807, 2.05) is 0 Å². The minimum atomic E-state index is -2.64. The first-order valence-corrected chi connectivity index (χ1v) is 29.6. The molecule has 0 unspecified atom stereocenters. The fourth-order valence-corrected chi connectivity index (χ4v) is 24.3. The quantitative estimate of drug-likeness (QED) is 0.140. The van der Waals surface area contributed by atoms with Crippen molar-refractivity contribution in [3.05, 3.63) is 0 Å². The molecule has 0 radical (unpaired) electrons. The normalized spacial score (nSPS) is 14.8. The number of hydrogen-bond acceptors (Lipinski definition) is 6. The second-order valence-corrected chi connectivity index (χ2v) is 37.3. The van der Waals surface area contributed by atoms with Crippen molar-refractivity contribution in [3.8, 4) is 0 Å². The van der Waals surface area contributed by atoms with E-state index >= 15 is 0 Å². The van der Waals surface area contributed by atoms with Crippen molar-refractivity contribution in [2.75, 3.05) is 14.2 Å². The van der Waals surface area contributed by atoms with E-state index < -0.39 is 50.9 Å². The Hall–Kier alpha value is 1.06. The van der Waals surface area contributed by atoms with Crippen LogP contribution < -0.4 is 0 Å². The van der Waals surface area contributed by atoms with E-state index in [2.05, 4.69) is 78.6 Å². The van der Waals surface area contributed by atoms with Crippen LogP contribution in [0.2, 0.25) is 90.7 Å². The zero-order valence-electron chi connectivity index (χ0n) is 23.7. The monoisotopic (exact) mass is 558 g/mol. The summed E-state index contributed by atoms with van der Waals surface area (Å²) in [7, 11) is -8.80. The van der Waals surface area contributed by atoms with E-state index in [0.717, 1.165) is 37.8 Å². The van der Waals surface area contributed by atoms with Crippen LogP contribution in [-0.4, -0.2) is 65.1 Å². The molecule has 32 heavy (non-hydrogen) atoms. The van der Waals surface area contributed by atoms with E-state index in [0.29, 0.717) is 0 Å². The molecule has 0 amide bonds. The summed E-state index contributed by atoms with van der Waals surface area (Å²) in [5.74, 6) is 0. The lowest BCUT2D eigenvalue weighted by atomic mass is 10.2. The van der Waals surface area contributed by atoms with Crippen molar-refractivity contribution in [3.63, 3.8) is 0 Å². The summed E-state index contributed by atoms with van der Waals surface area (Å²) in [6.45, 7) is 26.6. The average Bonchev–Trinajstić information content (AvgIpc) is 2.51. The molecule has 0 aromatic heterocycles. The molecule has 12 heteroatoms. The molecule has 0 heterocycles. The Morgan fingerprint density at radius 1 is 0.375 bits per heavy atom. The fourth-order valence-electron chi connectivity index (χ4n) is 3.52. The van der Waals surface area contributed by atoms with Crippen molar-refractivity contribution in [2.45, 2.75) is 116 Å². The van der Waals surface area contributed by atoms with E-state index in [9.17, 15) is 0 Å². The first-order chi connectivity index (χ1) is 14.2. The fraction of sp³-hybridized carbons (Fsp3) is 1.00. The van der Waals surface area contributed by atoms with E-state index in [-0.39, 0.29) is 0 Å². The molecule has 0 aliphatic carbocycles. The largest absolute Gasteiger partial charge is 0.479 e. The van der Waals surface area contributed by atoms with Crippen LogP contribution >= 0.6 is 0 Å². The molecule has 0 atom stereocenters. The second kappa shape index (κ2) is 12.9. The Kier molecular flexibility index (Phi) is 13.3. The first kappa shape index (κ1) is 33.1. The third kappa shape index (κ3) is 15.9. The maximum absolute atomic E-state index is 6.56. The maximum atomic E-state index is 6.56. The Morgan fingerprint density at radius 3 is 0.750 bits per heavy atom. The van der Waals surface area contributed by atoms with E-state index in [4.69, 9.17) is 25.3 Å². The van der Waals surface area contributed by atoms with Gasteiger partial charge < -0.3 is 25.3 Å². The standard InChI is InChI=1S/C20H54O6Si6/c1-21-31(23-27(3,4)5,24-28(6,7)8)19-17-15-16-18-20-32(22-2,25-29(9,10)11)26-30(12,13)14/h15-20H2,1-14H3. The molecule has 0 fully saturated rings. The van der Waals surface area contributed by atoms with E-state index in [1.165, 1.54) is 0 Å². The van der Waals surface area contributed by atoms with Crippen molar-refractivity contribution >= 4 is 50.9 Å². The highest BCUT2D eigenvalue weighted by Gasteiger charge is 2.47. The average molecular weight is 559 g/mol. The molecule has 0 N–H and O–H groups in total. The number of unbranched alkanes of at least 4 members (excludes halogenated alkanes) is 3. The van der Waals surface area contributed by atoms with Crippen LogP contribution in [0.25, 0.3) is 0 Å². The molecule has 0 aliphatic rings. The molecule has 0 spiro atoms. The van der Waals surface area contributed by atoms with E-state index in [1.54, 1.807) is 14.2 Å². The van der Waals surface area contributed by atoms with Gasteiger partial charge in [0.25, 0.3) is 0 Å². The molecule has 0 aromatic carbocycles. The molecule has 194 valence electrons. The van der Waals surface area contributed by atoms with Crippen LogP contribution in [-0.2, 0) is 25.3 Å². The Morgan fingerprint density at radius 2 is 0.594 bits per heavy atom. The summed E-state index contributed by atoms with van der Waals surface area (Å²) < 4.78 is 38.2. The lowest BCUT2D eigenvalue weighted by Crippen LogP contribution is -2.56. The molecule has 6 nitrogen and oxygen atoms in total. The zero-order valence-corrected chi connectivity index (χ0v) is 29.7. The highest BCUT2D eigenvalue weighted by molar-refractivity contribution is 6.86. The molecular formula is C20H54O6Si6. The van der Waals surface area contributed by atoms with Gasteiger partial charge >= 0.3 is 17.6 Å². The number of hydrogen-bond donors (Lipinski definition) is 0. The van der Waals surface area contributed by atoms with Crippen molar-refractivity contribution in [1.82, 2.24) is 0 Å². The number of rotatable bonds is 17. The van der Waals surface area contributed by atoms with Gasteiger partial charge in [0.1, 0.15) is 0 Å². The summed E-state index contributed by atoms with van der Waals surface area (Å²) in [6.07, 6.45) is 4.35. The summed E-state index contributed by atoms with van der Waals surface area (Å²) in [5.41, 5.74) is 0. The lowest BCUT2D eigenvalue weighted by Gasteiger charge is -2.39. The van der Waals surface area contributed by atoms with Crippen molar-refractivity contribution in [1.29, 1.82) is 0 Å². The predicted octanol–water partition coefficient (Wildman–Crippen LogP) is 7.12. The molecule has 0 aliphatic heterocycles. The molecule has 0 aromatic rings. The van der Waals surface area contributed by atoms with Gasteiger partial charge in [-0.2, -0.15) is 0 Å². The molecule has 0 saturated heterocycles. The van der Waals surface area contributed by atoms with Crippen LogP contribution in [0.3, 0.4) is 0 Å². The highest BCUT2D eigenvalue weighted by Crippen LogP contribution is 2.29. The van der Waals surface area contributed by atoms with Gasteiger partial charge in [-0.3, -0.25) is 0 Å². The topological polar surface area (TPSA) is 55.4 Å². The summed E-state index contributed by atoms with van der Waals surface area (Å²) in [4.78, 5) is 0. The maximum Gasteiger partial charge on any atom is 0.479 e. The van der Waals surface area contributed by atoms with Crippen LogP contribution in [0, 0.1) is 0 Å². The Bertz CT molecular complexity index is 457. The summed E-state index contributed by atoms with van der Waals surface area (Å²) in [5, 5.41) is 0. The molecule has 0 saturated carbocycles. The first-order valence-electron chi connectivity index (χ1n) is 12.1. The predicted molar refractivity (Wildman–Crippen MR) is 151 cm³/mol. The van der Waals surface area contributed by atoms with Crippen LogP contribution in [0.1, 0.15) is 25.7 Å². The molecular weight excluding hydrogens is 505 g/mol. The van der Waals surface area contributed by atoms with Gasteiger partial charge in [0, 0.05) is 26.3 Å². The van der Waals surface area contributed by atoms with Crippen molar-refractivity contribution in [2.24, 2.45) is 0 Å². The Balaban J connectivity index is 4.98. The second-order valence-electron chi connectivity index (χ2n) is 12.5. The smallest absolute Gasteiger partial charge is 0.416 e.